The van der Waals surface area contributed by atoms with Gasteiger partial charge in [-0.1, -0.05) is 6.07 Å². The second-order valence-corrected chi connectivity index (χ2v) is 6.66. The summed E-state index contributed by atoms with van der Waals surface area (Å²) in [5.41, 5.74) is 0.796. The highest BCUT2D eigenvalue weighted by Crippen LogP contribution is 2.19. The SMILES string of the molecule is Cn1c(=O)c(=O)[nH]c2cc(CCC(=O)N3CCC(C(=O)O)CC3)ccc21. The number of carbonyl (C=O) groups is 2. The largest absolute Gasteiger partial charge is 0.481 e. The van der Waals surface area contributed by atoms with Gasteiger partial charge in [0.1, 0.15) is 0 Å². The zero-order valence-electron chi connectivity index (χ0n) is 14.5. The third-order valence-corrected chi connectivity index (χ3v) is 4.99. The summed E-state index contributed by atoms with van der Waals surface area (Å²) in [6, 6.07) is 5.37. The minimum absolute atomic E-state index is 0.00268. The number of piperidine rings is 1. The number of hydrogen-bond donors (Lipinski definition) is 2. The Bertz CT molecular complexity index is 967. The number of aromatic nitrogens is 2. The minimum Gasteiger partial charge on any atom is -0.481 e. The van der Waals surface area contributed by atoms with Crippen LogP contribution in [0.25, 0.3) is 11.0 Å². The van der Waals surface area contributed by atoms with Crippen molar-refractivity contribution in [2.75, 3.05) is 13.1 Å². The van der Waals surface area contributed by atoms with Crippen molar-refractivity contribution in [1.29, 1.82) is 0 Å². The van der Waals surface area contributed by atoms with Crippen molar-refractivity contribution in [3.8, 4) is 0 Å². The van der Waals surface area contributed by atoms with Gasteiger partial charge in [-0.3, -0.25) is 19.2 Å². The van der Waals surface area contributed by atoms with Crippen LogP contribution in [0.4, 0.5) is 0 Å². The molecule has 1 aromatic carbocycles. The number of carboxylic acids is 1. The van der Waals surface area contributed by atoms with Crippen molar-refractivity contribution in [3.63, 3.8) is 0 Å². The number of carbonyl (C=O) groups excluding carboxylic acids is 1. The number of hydrogen-bond acceptors (Lipinski definition) is 4. The molecule has 1 aliphatic rings. The predicted octanol–water partition coefficient (Wildman–Crippen LogP) is 0.483. The molecule has 0 bridgehead atoms. The number of amides is 1. The zero-order valence-corrected chi connectivity index (χ0v) is 14.5. The number of aliphatic carboxylic acids is 1. The van der Waals surface area contributed by atoms with Crippen molar-refractivity contribution < 1.29 is 14.7 Å². The Morgan fingerprint density at radius 2 is 1.92 bits per heavy atom. The topological polar surface area (TPSA) is 112 Å². The Labute approximate surface area is 149 Å². The summed E-state index contributed by atoms with van der Waals surface area (Å²) in [5.74, 6) is -1.15. The van der Waals surface area contributed by atoms with Crippen LogP contribution >= 0.6 is 0 Å². The lowest BCUT2D eigenvalue weighted by Crippen LogP contribution is -2.40. The summed E-state index contributed by atoms with van der Waals surface area (Å²) in [7, 11) is 1.55. The maximum absolute atomic E-state index is 12.3. The van der Waals surface area contributed by atoms with Crippen LogP contribution in [0, 0.1) is 5.92 Å². The fraction of sp³-hybridized carbons (Fsp3) is 0.444. The lowest BCUT2D eigenvalue weighted by molar-refractivity contribution is -0.145. The van der Waals surface area contributed by atoms with Gasteiger partial charge in [-0.2, -0.15) is 0 Å². The van der Waals surface area contributed by atoms with Crippen LogP contribution in [0.5, 0.6) is 0 Å². The summed E-state index contributed by atoms with van der Waals surface area (Å²) >= 11 is 0. The van der Waals surface area contributed by atoms with E-state index >= 15 is 0 Å². The normalized spacial score (nSPS) is 15.3. The van der Waals surface area contributed by atoms with E-state index in [1.54, 1.807) is 24.1 Å². The first kappa shape index (κ1) is 17.9. The molecule has 2 heterocycles. The molecule has 8 heteroatoms. The lowest BCUT2D eigenvalue weighted by atomic mass is 9.96. The molecule has 0 aliphatic carbocycles. The molecule has 1 aromatic heterocycles. The molecule has 1 aliphatic heterocycles. The molecular formula is C18H21N3O5. The van der Waals surface area contributed by atoms with E-state index in [4.69, 9.17) is 5.11 Å². The second kappa shape index (κ2) is 7.15. The number of fused-ring (bicyclic) bond motifs is 1. The molecule has 138 valence electrons. The number of rotatable bonds is 4. The van der Waals surface area contributed by atoms with Gasteiger partial charge in [0.15, 0.2) is 0 Å². The van der Waals surface area contributed by atoms with Crippen molar-refractivity contribution >= 4 is 22.9 Å². The average Bonchev–Trinajstić information content (AvgIpc) is 2.64. The van der Waals surface area contributed by atoms with Gasteiger partial charge in [0.25, 0.3) is 0 Å². The van der Waals surface area contributed by atoms with E-state index in [0.29, 0.717) is 49.8 Å². The first-order valence-corrected chi connectivity index (χ1v) is 8.59. The molecule has 0 unspecified atom stereocenters. The molecular weight excluding hydrogens is 338 g/mol. The van der Waals surface area contributed by atoms with Gasteiger partial charge in [0, 0.05) is 26.6 Å². The van der Waals surface area contributed by atoms with Crippen LogP contribution in [0.15, 0.2) is 27.8 Å². The van der Waals surface area contributed by atoms with Crippen LogP contribution < -0.4 is 11.1 Å². The highest BCUT2D eigenvalue weighted by Gasteiger charge is 2.26. The molecule has 1 amide bonds. The predicted molar refractivity (Wildman–Crippen MR) is 95.1 cm³/mol. The van der Waals surface area contributed by atoms with Gasteiger partial charge in [0.05, 0.1) is 17.0 Å². The maximum atomic E-state index is 12.3. The smallest absolute Gasteiger partial charge is 0.316 e. The van der Waals surface area contributed by atoms with Crippen molar-refractivity contribution in [2.24, 2.45) is 13.0 Å². The molecule has 26 heavy (non-hydrogen) atoms. The fourth-order valence-electron chi connectivity index (χ4n) is 3.35. The Kier molecular flexibility index (Phi) is 4.92. The molecule has 0 spiro atoms. The monoisotopic (exact) mass is 359 g/mol. The maximum Gasteiger partial charge on any atom is 0.316 e. The number of likely N-dealkylation sites (tertiary alicyclic amines) is 1. The van der Waals surface area contributed by atoms with E-state index in [-0.39, 0.29) is 11.8 Å². The summed E-state index contributed by atoms with van der Waals surface area (Å²) in [6.45, 7) is 0.950. The highest BCUT2D eigenvalue weighted by atomic mass is 16.4. The number of H-pyrrole nitrogens is 1. The minimum atomic E-state index is -0.795. The highest BCUT2D eigenvalue weighted by molar-refractivity contribution is 5.78. The van der Waals surface area contributed by atoms with E-state index in [9.17, 15) is 19.2 Å². The first-order chi connectivity index (χ1) is 12.4. The number of carboxylic acid groups (broad SMARTS) is 1. The fourth-order valence-corrected chi connectivity index (χ4v) is 3.35. The Morgan fingerprint density at radius 1 is 1.23 bits per heavy atom. The Hall–Kier alpha value is -2.90. The standard InChI is InChI=1S/C18H21N3O5/c1-20-14-4-2-11(10-13(14)19-16(23)17(20)24)3-5-15(22)21-8-6-12(7-9-21)18(25)26/h2,4,10,12H,3,5-9H2,1H3,(H,19,23)(H,25,26). The third kappa shape index (κ3) is 3.54. The van der Waals surface area contributed by atoms with E-state index in [1.807, 2.05) is 6.07 Å². The molecule has 0 saturated carbocycles. The van der Waals surface area contributed by atoms with Crippen LogP contribution in [0.1, 0.15) is 24.8 Å². The van der Waals surface area contributed by atoms with E-state index in [1.165, 1.54) is 4.57 Å². The van der Waals surface area contributed by atoms with E-state index in [0.717, 1.165) is 5.56 Å². The number of aromatic amines is 1. The van der Waals surface area contributed by atoms with Gasteiger partial charge >= 0.3 is 17.1 Å². The summed E-state index contributed by atoms with van der Waals surface area (Å²) in [5, 5.41) is 9.01. The van der Waals surface area contributed by atoms with E-state index < -0.39 is 17.1 Å². The lowest BCUT2D eigenvalue weighted by Gasteiger charge is -2.30. The quantitative estimate of drug-likeness (QED) is 0.771. The van der Waals surface area contributed by atoms with Crippen molar-refractivity contribution in [3.05, 3.63) is 44.5 Å². The van der Waals surface area contributed by atoms with Gasteiger partial charge in [0.2, 0.25) is 5.91 Å². The molecule has 0 radical (unpaired) electrons. The average molecular weight is 359 g/mol. The van der Waals surface area contributed by atoms with Gasteiger partial charge < -0.3 is 19.6 Å². The van der Waals surface area contributed by atoms with Crippen LogP contribution in [-0.4, -0.2) is 44.5 Å². The number of nitrogens with zero attached hydrogens (tertiary/aromatic N) is 2. The molecule has 0 atom stereocenters. The first-order valence-electron chi connectivity index (χ1n) is 8.59. The Morgan fingerprint density at radius 3 is 2.58 bits per heavy atom. The molecule has 2 N–H and O–H groups in total. The van der Waals surface area contributed by atoms with Crippen molar-refractivity contribution in [2.45, 2.75) is 25.7 Å². The van der Waals surface area contributed by atoms with E-state index in [2.05, 4.69) is 4.98 Å². The number of aryl methyl sites for hydroxylation is 2. The summed E-state index contributed by atoms with van der Waals surface area (Å²) in [6.07, 6.45) is 1.82. The number of benzene rings is 1. The van der Waals surface area contributed by atoms with Crippen LogP contribution in [-0.2, 0) is 23.1 Å². The molecule has 2 aromatic rings. The molecule has 3 rings (SSSR count). The summed E-state index contributed by atoms with van der Waals surface area (Å²) in [4.78, 5) is 50.9. The Balaban J connectivity index is 1.65. The van der Waals surface area contributed by atoms with Gasteiger partial charge in [-0.25, -0.2) is 0 Å². The van der Waals surface area contributed by atoms with Crippen LogP contribution in [0.3, 0.4) is 0 Å². The second-order valence-electron chi connectivity index (χ2n) is 6.66. The molecule has 1 saturated heterocycles. The van der Waals surface area contributed by atoms with Crippen molar-refractivity contribution in [1.82, 2.24) is 14.5 Å². The zero-order chi connectivity index (χ0) is 18.8. The molecule has 8 nitrogen and oxygen atoms in total. The third-order valence-electron chi connectivity index (χ3n) is 4.99. The van der Waals surface area contributed by atoms with Gasteiger partial charge in [-0.15, -0.1) is 0 Å². The number of nitrogens with one attached hydrogen (secondary N) is 1. The van der Waals surface area contributed by atoms with Crippen LogP contribution in [0.2, 0.25) is 0 Å². The summed E-state index contributed by atoms with van der Waals surface area (Å²) < 4.78 is 1.30. The van der Waals surface area contributed by atoms with Gasteiger partial charge in [-0.05, 0) is 37.0 Å². The molecule has 1 fully saturated rings.